The number of benzene rings is 2. The average Bonchev–Trinajstić information content (AvgIpc) is 3.04. The first-order chi connectivity index (χ1) is 13.7. The van der Waals surface area contributed by atoms with Crippen LogP contribution < -0.4 is 0 Å². The highest BCUT2D eigenvalue weighted by atomic mass is 79.9. The van der Waals surface area contributed by atoms with Crippen LogP contribution in [0.4, 0.5) is 4.39 Å². The predicted octanol–water partition coefficient (Wildman–Crippen LogP) is 6.11. The number of hydrogen-bond acceptors (Lipinski definition) is 2. The van der Waals surface area contributed by atoms with Crippen molar-refractivity contribution in [2.24, 2.45) is 5.92 Å². The van der Waals surface area contributed by atoms with Crippen molar-refractivity contribution in [3.8, 4) is 0 Å². The van der Waals surface area contributed by atoms with Gasteiger partial charge in [-0.1, -0.05) is 30.3 Å². The molecule has 5 rings (SSSR count). The second kappa shape index (κ2) is 7.30. The number of fused-ring (bicyclic) bond motifs is 3. The summed E-state index contributed by atoms with van der Waals surface area (Å²) >= 11 is 3.59. The fraction of sp³-hybridized carbons (Fsp3) is 0.261. The second-order valence-electron chi connectivity index (χ2n) is 7.35. The highest BCUT2D eigenvalue weighted by molar-refractivity contribution is 9.10. The van der Waals surface area contributed by atoms with E-state index in [2.05, 4.69) is 50.8 Å². The summed E-state index contributed by atoms with van der Waals surface area (Å²) in [5.41, 5.74) is 4.37. The fourth-order valence-electron chi connectivity index (χ4n) is 4.46. The highest BCUT2D eigenvalue weighted by Gasteiger charge is 2.30. The minimum atomic E-state index is -0.207. The van der Waals surface area contributed by atoms with E-state index in [1.165, 1.54) is 0 Å². The Labute approximate surface area is 171 Å². The van der Waals surface area contributed by atoms with Crippen LogP contribution in [0.25, 0.3) is 21.9 Å². The van der Waals surface area contributed by atoms with Gasteiger partial charge in [-0.15, -0.1) is 0 Å². The molecule has 4 aromatic rings. The van der Waals surface area contributed by atoms with E-state index >= 15 is 0 Å². The van der Waals surface area contributed by atoms with Gasteiger partial charge in [0, 0.05) is 29.3 Å². The minimum absolute atomic E-state index is 0.1000. The summed E-state index contributed by atoms with van der Waals surface area (Å²) in [4.78, 5) is 4.71. The minimum Gasteiger partial charge on any atom is -0.381 e. The van der Waals surface area contributed by atoms with Crippen LogP contribution >= 0.6 is 15.9 Å². The van der Waals surface area contributed by atoms with Crippen LogP contribution in [0.1, 0.15) is 24.4 Å². The van der Waals surface area contributed by atoms with Gasteiger partial charge in [-0.2, -0.15) is 0 Å². The van der Waals surface area contributed by atoms with Crippen LogP contribution in [-0.4, -0.2) is 22.8 Å². The summed E-state index contributed by atoms with van der Waals surface area (Å²) < 4.78 is 22.6. The Morgan fingerprint density at radius 1 is 1.04 bits per heavy atom. The zero-order valence-corrected chi connectivity index (χ0v) is 16.9. The van der Waals surface area contributed by atoms with Crippen LogP contribution in [0.5, 0.6) is 0 Å². The molecular formula is C23H20BrFN2O. The lowest BCUT2D eigenvalue weighted by Gasteiger charge is -2.33. The lowest BCUT2D eigenvalue weighted by atomic mass is 9.86. The molecule has 1 saturated heterocycles. The molecule has 5 heteroatoms. The van der Waals surface area contributed by atoms with Gasteiger partial charge in [0.15, 0.2) is 0 Å². The Hall–Kier alpha value is -2.24. The largest absolute Gasteiger partial charge is 0.381 e. The van der Waals surface area contributed by atoms with Gasteiger partial charge in [-0.25, -0.2) is 4.39 Å². The van der Waals surface area contributed by atoms with E-state index in [-0.39, 0.29) is 11.9 Å². The molecule has 0 radical (unpaired) electrons. The summed E-state index contributed by atoms with van der Waals surface area (Å²) in [6, 6.07) is 17.6. The number of halogens is 2. The number of aromatic nitrogens is 2. The zero-order valence-electron chi connectivity index (χ0n) is 15.3. The molecule has 0 N–H and O–H groups in total. The lowest BCUT2D eigenvalue weighted by Crippen LogP contribution is -2.26. The Kier molecular flexibility index (Phi) is 4.65. The maximum atomic E-state index is 13.7. The Morgan fingerprint density at radius 2 is 1.79 bits per heavy atom. The standard InChI is InChI=1S/C23H20BrFN2O/c24-17-13-21-22(26-14-17)19-3-1-2-4-20(19)27(21)23(16-9-11-28-12-10-16)15-5-7-18(25)8-6-15/h1-8,13-14,16,23H,9-12H2. The van der Waals surface area contributed by atoms with Crippen molar-refractivity contribution in [3.63, 3.8) is 0 Å². The first-order valence-electron chi connectivity index (χ1n) is 9.60. The van der Waals surface area contributed by atoms with E-state index in [4.69, 9.17) is 9.72 Å². The van der Waals surface area contributed by atoms with Gasteiger partial charge >= 0.3 is 0 Å². The van der Waals surface area contributed by atoms with Crippen molar-refractivity contribution in [2.75, 3.05) is 13.2 Å². The monoisotopic (exact) mass is 438 g/mol. The molecule has 3 heterocycles. The van der Waals surface area contributed by atoms with Crippen molar-refractivity contribution in [3.05, 3.63) is 76.6 Å². The van der Waals surface area contributed by atoms with Crippen molar-refractivity contribution in [1.29, 1.82) is 0 Å². The summed E-state index contributed by atoms with van der Waals surface area (Å²) in [7, 11) is 0. The van der Waals surface area contributed by atoms with Gasteiger partial charge in [0.25, 0.3) is 0 Å². The first-order valence-corrected chi connectivity index (χ1v) is 10.4. The van der Waals surface area contributed by atoms with E-state index in [0.29, 0.717) is 5.92 Å². The van der Waals surface area contributed by atoms with Crippen LogP contribution in [0, 0.1) is 11.7 Å². The highest BCUT2D eigenvalue weighted by Crippen LogP contribution is 2.40. The number of hydrogen-bond donors (Lipinski definition) is 0. The zero-order chi connectivity index (χ0) is 19.1. The number of ether oxygens (including phenoxy) is 1. The van der Waals surface area contributed by atoms with E-state index in [9.17, 15) is 4.39 Å². The molecule has 1 atom stereocenters. The Balaban J connectivity index is 1.81. The molecule has 1 aliphatic heterocycles. The van der Waals surface area contributed by atoms with Crippen LogP contribution in [0.2, 0.25) is 0 Å². The van der Waals surface area contributed by atoms with Gasteiger partial charge in [0.05, 0.1) is 22.6 Å². The molecule has 3 nitrogen and oxygen atoms in total. The predicted molar refractivity (Wildman–Crippen MR) is 113 cm³/mol. The molecule has 1 fully saturated rings. The molecule has 142 valence electrons. The molecule has 2 aromatic heterocycles. The van der Waals surface area contributed by atoms with E-state index in [1.807, 2.05) is 18.3 Å². The van der Waals surface area contributed by atoms with E-state index < -0.39 is 0 Å². The molecule has 1 unspecified atom stereocenters. The molecule has 0 saturated carbocycles. The number of rotatable bonds is 3. The topological polar surface area (TPSA) is 27.1 Å². The van der Waals surface area contributed by atoms with Gasteiger partial charge in [-0.3, -0.25) is 4.98 Å². The maximum Gasteiger partial charge on any atom is 0.123 e. The smallest absolute Gasteiger partial charge is 0.123 e. The SMILES string of the molecule is Fc1ccc(C(C2CCOCC2)n2c3ccccc3c3ncc(Br)cc32)cc1. The van der Waals surface area contributed by atoms with Crippen molar-refractivity contribution in [1.82, 2.24) is 9.55 Å². The number of nitrogens with zero attached hydrogens (tertiary/aromatic N) is 2. The molecule has 0 aliphatic carbocycles. The first kappa shape index (κ1) is 17.8. The lowest BCUT2D eigenvalue weighted by molar-refractivity contribution is 0.0552. The summed E-state index contributed by atoms with van der Waals surface area (Å²) in [5.74, 6) is 0.207. The van der Waals surface area contributed by atoms with Crippen LogP contribution in [0.3, 0.4) is 0 Å². The van der Waals surface area contributed by atoms with Crippen LogP contribution in [-0.2, 0) is 4.74 Å². The Morgan fingerprint density at radius 3 is 2.57 bits per heavy atom. The third-order valence-electron chi connectivity index (χ3n) is 5.71. The number of pyridine rings is 1. The molecule has 0 bridgehead atoms. The van der Waals surface area contributed by atoms with E-state index in [0.717, 1.165) is 58.0 Å². The summed E-state index contributed by atoms with van der Waals surface area (Å²) in [5, 5.41) is 1.14. The molecular weight excluding hydrogens is 419 g/mol. The third kappa shape index (κ3) is 3.03. The van der Waals surface area contributed by atoms with E-state index in [1.54, 1.807) is 12.1 Å². The second-order valence-corrected chi connectivity index (χ2v) is 8.27. The normalized spacial score (nSPS) is 16.6. The van der Waals surface area contributed by atoms with Crippen molar-refractivity contribution in [2.45, 2.75) is 18.9 Å². The molecule has 1 aliphatic rings. The van der Waals surface area contributed by atoms with Crippen molar-refractivity contribution >= 4 is 37.9 Å². The molecule has 0 spiro atoms. The van der Waals surface area contributed by atoms with Gasteiger partial charge < -0.3 is 9.30 Å². The molecule has 28 heavy (non-hydrogen) atoms. The summed E-state index contributed by atoms with van der Waals surface area (Å²) in [6.07, 6.45) is 3.81. The number of para-hydroxylation sites is 1. The van der Waals surface area contributed by atoms with Crippen molar-refractivity contribution < 1.29 is 9.13 Å². The van der Waals surface area contributed by atoms with Gasteiger partial charge in [0.1, 0.15) is 5.82 Å². The summed E-state index contributed by atoms with van der Waals surface area (Å²) in [6.45, 7) is 1.53. The maximum absolute atomic E-state index is 13.7. The molecule has 2 aromatic carbocycles. The van der Waals surface area contributed by atoms with Crippen LogP contribution in [0.15, 0.2) is 65.3 Å². The third-order valence-corrected chi connectivity index (χ3v) is 6.15. The Bertz CT molecular complexity index is 1130. The van der Waals surface area contributed by atoms with Gasteiger partial charge in [-0.05, 0) is 64.5 Å². The quantitative estimate of drug-likeness (QED) is 0.385. The average molecular weight is 439 g/mol. The van der Waals surface area contributed by atoms with Gasteiger partial charge in [0.2, 0.25) is 0 Å². The fourth-order valence-corrected chi connectivity index (χ4v) is 4.78. The molecule has 0 amide bonds.